The number of amides is 1. The molecule has 0 aliphatic rings. The maximum Gasteiger partial charge on any atom is 0.291 e. The predicted octanol–water partition coefficient (Wildman–Crippen LogP) is -0.458. The summed E-state index contributed by atoms with van der Waals surface area (Å²) in [6.45, 7) is -0.0878. The molecule has 0 aromatic carbocycles. The van der Waals surface area contributed by atoms with Crippen LogP contribution in [0.4, 0.5) is 0 Å². The van der Waals surface area contributed by atoms with Gasteiger partial charge in [0.25, 0.3) is 12.5 Å². The number of aliphatic hydroxyl groups is 1. The molecule has 0 heterocycles. The molecule has 0 rings (SSSR count). The van der Waals surface area contributed by atoms with Crippen molar-refractivity contribution in [3.8, 4) is 0 Å². The molecule has 13 heavy (non-hydrogen) atoms. The van der Waals surface area contributed by atoms with E-state index in [2.05, 4.69) is 5.32 Å². The lowest BCUT2D eigenvalue weighted by Crippen LogP contribution is -2.30. The van der Waals surface area contributed by atoms with Crippen LogP contribution in [0.1, 0.15) is 19.3 Å². The summed E-state index contributed by atoms with van der Waals surface area (Å²) in [6, 6.07) is 0. The maximum absolute atomic E-state index is 10.7. The fraction of sp³-hybridized carbons (Fsp3) is 0.857. The number of unbranched alkanes of at least 4 members (excludes halogenated alkanes) is 2. The molecule has 0 aliphatic carbocycles. The van der Waals surface area contributed by atoms with Crippen molar-refractivity contribution < 1.29 is 14.8 Å². The van der Waals surface area contributed by atoms with Crippen LogP contribution in [0, 0.1) is 10.1 Å². The number of carbonyl (C=O) groups is 1. The summed E-state index contributed by atoms with van der Waals surface area (Å²) < 4.78 is 0. The van der Waals surface area contributed by atoms with Crippen LogP contribution in [0.5, 0.6) is 0 Å². The Balaban J connectivity index is 3.22. The van der Waals surface area contributed by atoms with E-state index in [9.17, 15) is 14.9 Å². The van der Waals surface area contributed by atoms with Crippen molar-refractivity contribution in [2.45, 2.75) is 19.3 Å². The zero-order valence-electron chi connectivity index (χ0n) is 7.36. The fourth-order valence-electron chi connectivity index (χ4n) is 0.815. The first-order chi connectivity index (χ1) is 6.16. The van der Waals surface area contributed by atoms with Crippen LogP contribution in [-0.2, 0) is 4.79 Å². The average molecular weight is 190 g/mol. The molecule has 2 N–H and O–H groups in total. The van der Waals surface area contributed by atoms with E-state index in [1.54, 1.807) is 0 Å². The molecule has 0 saturated heterocycles. The van der Waals surface area contributed by atoms with E-state index in [1.807, 2.05) is 0 Å². The summed E-state index contributed by atoms with van der Waals surface area (Å²) in [7, 11) is 0. The smallest absolute Gasteiger partial charge is 0.291 e. The van der Waals surface area contributed by atoms with Gasteiger partial charge in [-0.05, 0) is 19.3 Å². The first-order valence-corrected chi connectivity index (χ1v) is 4.16. The zero-order valence-corrected chi connectivity index (χ0v) is 7.36. The van der Waals surface area contributed by atoms with E-state index in [1.165, 1.54) is 0 Å². The Labute approximate surface area is 76.1 Å². The number of hydrogen-bond acceptors (Lipinski definition) is 4. The highest BCUT2D eigenvalue weighted by Gasteiger charge is 2.06. The standard InChI is InChI=1S/C7H14N2O4/c10-5-3-1-2-4-8-7(11)6-9(12)13/h10H,1-6H2,(H,8,11). The molecule has 6 heteroatoms. The summed E-state index contributed by atoms with van der Waals surface area (Å²) in [5.74, 6) is -0.561. The van der Waals surface area contributed by atoms with Crippen molar-refractivity contribution in [1.29, 1.82) is 0 Å². The van der Waals surface area contributed by atoms with Crippen molar-refractivity contribution in [3.63, 3.8) is 0 Å². The molecule has 0 spiro atoms. The molecule has 0 atom stereocenters. The topological polar surface area (TPSA) is 92.5 Å². The van der Waals surface area contributed by atoms with Crippen molar-refractivity contribution in [2.24, 2.45) is 0 Å². The average Bonchev–Trinajstić information content (AvgIpc) is 2.02. The van der Waals surface area contributed by atoms with Gasteiger partial charge in [-0.3, -0.25) is 14.9 Å². The summed E-state index contributed by atoms with van der Waals surface area (Å²) in [5.41, 5.74) is 0. The molecule has 0 aromatic heterocycles. The number of rotatable bonds is 7. The summed E-state index contributed by atoms with van der Waals surface area (Å²) in [6.07, 6.45) is 2.25. The number of aliphatic hydroxyl groups excluding tert-OH is 1. The lowest BCUT2D eigenvalue weighted by Gasteiger charge is -2.00. The van der Waals surface area contributed by atoms with Crippen LogP contribution < -0.4 is 5.32 Å². The van der Waals surface area contributed by atoms with Crippen LogP contribution in [0.2, 0.25) is 0 Å². The third-order valence-electron chi connectivity index (χ3n) is 1.43. The quantitative estimate of drug-likeness (QED) is 0.323. The van der Waals surface area contributed by atoms with Gasteiger partial charge in [0.2, 0.25) is 0 Å². The van der Waals surface area contributed by atoms with Crippen LogP contribution >= 0.6 is 0 Å². The van der Waals surface area contributed by atoms with E-state index in [-0.39, 0.29) is 6.61 Å². The van der Waals surface area contributed by atoms with Gasteiger partial charge < -0.3 is 10.4 Å². The lowest BCUT2D eigenvalue weighted by molar-refractivity contribution is -0.467. The summed E-state index contributed by atoms with van der Waals surface area (Å²) >= 11 is 0. The van der Waals surface area contributed by atoms with E-state index in [0.717, 1.165) is 12.8 Å². The van der Waals surface area contributed by atoms with Gasteiger partial charge in [0.15, 0.2) is 0 Å². The molecule has 0 unspecified atom stereocenters. The van der Waals surface area contributed by atoms with Crippen molar-refractivity contribution in [2.75, 3.05) is 19.7 Å². The highest BCUT2D eigenvalue weighted by molar-refractivity contribution is 5.76. The zero-order chi connectivity index (χ0) is 10.1. The Bertz CT molecular complexity index is 172. The molecular formula is C7H14N2O4. The minimum Gasteiger partial charge on any atom is -0.396 e. The first kappa shape index (κ1) is 11.8. The van der Waals surface area contributed by atoms with Crippen LogP contribution in [0.3, 0.4) is 0 Å². The predicted molar refractivity (Wildman–Crippen MR) is 45.8 cm³/mol. The Kier molecular flexibility index (Phi) is 6.80. The molecule has 0 saturated carbocycles. The monoisotopic (exact) mass is 190 g/mol. The van der Waals surface area contributed by atoms with E-state index < -0.39 is 17.4 Å². The SMILES string of the molecule is O=C(C[N+](=O)[O-])NCCCCCO. The maximum atomic E-state index is 10.7. The molecule has 0 aliphatic heterocycles. The number of hydrogen-bond donors (Lipinski definition) is 2. The number of carbonyl (C=O) groups excluding carboxylic acids is 1. The van der Waals surface area contributed by atoms with E-state index >= 15 is 0 Å². The molecule has 0 fully saturated rings. The van der Waals surface area contributed by atoms with Gasteiger partial charge in [-0.2, -0.15) is 0 Å². The van der Waals surface area contributed by atoms with Crippen molar-refractivity contribution >= 4 is 5.91 Å². The molecule has 1 amide bonds. The summed E-state index contributed by atoms with van der Waals surface area (Å²) in [4.78, 5) is 19.9. The van der Waals surface area contributed by atoms with E-state index in [4.69, 9.17) is 5.11 Å². The summed E-state index contributed by atoms with van der Waals surface area (Å²) in [5, 5.41) is 20.7. The van der Waals surface area contributed by atoms with Gasteiger partial charge in [0.05, 0.1) is 0 Å². The van der Waals surface area contributed by atoms with Gasteiger partial charge in [-0.25, -0.2) is 0 Å². The Morgan fingerprint density at radius 1 is 1.38 bits per heavy atom. The molecule has 0 radical (unpaired) electrons. The Hall–Kier alpha value is -1.17. The largest absolute Gasteiger partial charge is 0.396 e. The minimum atomic E-state index is -0.667. The van der Waals surface area contributed by atoms with Crippen LogP contribution in [0.25, 0.3) is 0 Å². The van der Waals surface area contributed by atoms with Gasteiger partial charge in [-0.1, -0.05) is 0 Å². The van der Waals surface area contributed by atoms with Crippen LogP contribution in [0.15, 0.2) is 0 Å². The highest BCUT2D eigenvalue weighted by Crippen LogP contribution is 1.91. The highest BCUT2D eigenvalue weighted by atomic mass is 16.6. The van der Waals surface area contributed by atoms with Gasteiger partial charge >= 0.3 is 0 Å². The molecule has 76 valence electrons. The Morgan fingerprint density at radius 3 is 2.62 bits per heavy atom. The minimum absolute atomic E-state index is 0.142. The Morgan fingerprint density at radius 2 is 2.08 bits per heavy atom. The van der Waals surface area contributed by atoms with Gasteiger partial charge in [0, 0.05) is 18.1 Å². The molecule has 0 bridgehead atoms. The second-order valence-electron chi connectivity index (χ2n) is 2.63. The molecule has 6 nitrogen and oxygen atoms in total. The van der Waals surface area contributed by atoms with Crippen molar-refractivity contribution in [3.05, 3.63) is 10.1 Å². The lowest BCUT2D eigenvalue weighted by atomic mass is 10.2. The first-order valence-electron chi connectivity index (χ1n) is 4.16. The third-order valence-corrected chi connectivity index (χ3v) is 1.43. The fourth-order valence-corrected chi connectivity index (χ4v) is 0.815. The normalized spacial score (nSPS) is 9.62. The number of nitrogens with one attached hydrogen (secondary N) is 1. The van der Waals surface area contributed by atoms with Crippen LogP contribution in [-0.4, -0.2) is 35.6 Å². The molecule has 0 aromatic rings. The second kappa shape index (κ2) is 7.48. The number of nitro groups is 1. The third kappa shape index (κ3) is 8.74. The van der Waals surface area contributed by atoms with Gasteiger partial charge in [-0.15, -0.1) is 0 Å². The van der Waals surface area contributed by atoms with E-state index in [0.29, 0.717) is 13.0 Å². The van der Waals surface area contributed by atoms with Gasteiger partial charge in [0.1, 0.15) is 0 Å². The van der Waals surface area contributed by atoms with Crippen molar-refractivity contribution in [1.82, 2.24) is 5.32 Å². The molecular weight excluding hydrogens is 176 g/mol. The number of nitrogens with zero attached hydrogens (tertiary/aromatic N) is 1. The second-order valence-corrected chi connectivity index (χ2v) is 2.63.